The zero-order valence-electron chi connectivity index (χ0n) is 9.61. The van der Waals surface area contributed by atoms with Gasteiger partial charge >= 0.3 is 5.97 Å². The summed E-state index contributed by atoms with van der Waals surface area (Å²) in [7, 11) is 0. The van der Waals surface area contributed by atoms with Gasteiger partial charge in [0, 0.05) is 22.6 Å². The van der Waals surface area contributed by atoms with Crippen molar-refractivity contribution in [2.75, 3.05) is 5.32 Å². The molecule has 0 saturated heterocycles. The summed E-state index contributed by atoms with van der Waals surface area (Å²) < 4.78 is 6.13. The third-order valence-corrected chi connectivity index (χ3v) is 3.31. The van der Waals surface area contributed by atoms with E-state index in [1.54, 1.807) is 0 Å². The van der Waals surface area contributed by atoms with Crippen molar-refractivity contribution in [3.8, 4) is 0 Å². The molecule has 0 bridgehead atoms. The molecule has 0 spiro atoms. The highest BCUT2D eigenvalue weighted by atomic mass is 79.9. The van der Waals surface area contributed by atoms with E-state index in [9.17, 15) is 9.90 Å². The second-order valence-corrected chi connectivity index (χ2v) is 5.10. The van der Waals surface area contributed by atoms with Crippen molar-refractivity contribution in [1.29, 1.82) is 0 Å². The number of ether oxygens (including phenoxy) is 1. The maximum atomic E-state index is 11.1. The van der Waals surface area contributed by atoms with Gasteiger partial charge < -0.3 is 15.2 Å². The SMILES string of the molecule is CC(=O)OC1c2ccc(Br)cc2NC(C)C1O. The number of halogens is 1. The molecule has 0 fully saturated rings. The number of esters is 1. The summed E-state index contributed by atoms with van der Waals surface area (Å²) >= 11 is 3.39. The average Bonchev–Trinajstić information content (AvgIpc) is 2.24. The molecule has 1 heterocycles. The van der Waals surface area contributed by atoms with Gasteiger partial charge in [-0.3, -0.25) is 4.79 Å². The minimum atomic E-state index is -0.743. The van der Waals surface area contributed by atoms with Gasteiger partial charge in [0.15, 0.2) is 6.10 Å². The molecule has 3 atom stereocenters. The van der Waals surface area contributed by atoms with Crippen LogP contribution in [0, 0.1) is 0 Å². The molecule has 2 rings (SSSR count). The molecule has 1 aliphatic rings. The zero-order valence-corrected chi connectivity index (χ0v) is 11.2. The molecule has 5 heteroatoms. The first kappa shape index (κ1) is 12.4. The molecule has 1 aliphatic heterocycles. The number of nitrogens with one attached hydrogen (secondary N) is 1. The van der Waals surface area contributed by atoms with Crippen molar-refractivity contribution in [1.82, 2.24) is 0 Å². The van der Waals surface area contributed by atoms with Crippen LogP contribution in [0.4, 0.5) is 5.69 Å². The van der Waals surface area contributed by atoms with Crippen molar-refractivity contribution in [2.45, 2.75) is 32.1 Å². The van der Waals surface area contributed by atoms with Crippen molar-refractivity contribution in [3.05, 3.63) is 28.2 Å². The Bertz CT molecular complexity index is 449. The van der Waals surface area contributed by atoms with Crippen molar-refractivity contribution in [3.63, 3.8) is 0 Å². The van der Waals surface area contributed by atoms with Crippen LogP contribution in [0.25, 0.3) is 0 Å². The van der Waals surface area contributed by atoms with Gasteiger partial charge in [-0.2, -0.15) is 0 Å². The van der Waals surface area contributed by atoms with Crippen molar-refractivity contribution < 1.29 is 14.6 Å². The average molecular weight is 300 g/mol. The second kappa shape index (κ2) is 4.66. The molecule has 3 unspecified atom stereocenters. The summed E-state index contributed by atoms with van der Waals surface area (Å²) in [5.41, 5.74) is 1.68. The third kappa shape index (κ3) is 2.45. The minimum absolute atomic E-state index is 0.166. The number of carbonyl (C=O) groups is 1. The number of hydrogen-bond donors (Lipinski definition) is 2. The largest absolute Gasteiger partial charge is 0.455 e. The summed E-state index contributed by atoms with van der Waals surface area (Å²) in [6, 6.07) is 5.45. The van der Waals surface area contributed by atoms with Gasteiger partial charge in [0.25, 0.3) is 0 Å². The maximum Gasteiger partial charge on any atom is 0.303 e. The first-order valence-corrected chi connectivity index (χ1v) is 6.19. The summed E-state index contributed by atoms with van der Waals surface area (Å²) in [6.45, 7) is 3.20. The van der Waals surface area contributed by atoms with Crippen molar-refractivity contribution in [2.24, 2.45) is 0 Å². The minimum Gasteiger partial charge on any atom is -0.455 e. The summed E-state index contributed by atoms with van der Waals surface area (Å²) in [4.78, 5) is 11.1. The van der Waals surface area contributed by atoms with E-state index in [2.05, 4.69) is 21.2 Å². The fourth-order valence-corrected chi connectivity index (χ4v) is 2.35. The lowest BCUT2D eigenvalue weighted by Gasteiger charge is -2.35. The fraction of sp³-hybridized carbons (Fsp3) is 0.417. The fourth-order valence-electron chi connectivity index (χ4n) is 1.99. The zero-order chi connectivity index (χ0) is 12.6. The van der Waals surface area contributed by atoms with E-state index in [1.807, 2.05) is 25.1 Å². The lowest BCUT2D eigenvalue weighted by Crippen LogP contribution is -2.41. The smallest absolute Gasteiger partial charge is 0.303 e. The van der Waals surface area contributed by atoms with E-state index in [0.717, 1.165) is 15.7 Å². The molecular weight excluding hydrogens is 286 g/mol. The van der Waals surface area contributed by atoms with Gasteiger partial charge in [-0.15, -0.1) is 0 Å². The Morgan fingerprint density at radius 3 is 2.88 bits per heavy atom. The molecule has 1 aromatic carbocycles. The molecule has 92 valence electrons. The number of anilines is 1. The van der Waals surface area contributed by atoms with E-state index in [4.69, 9.17) is 4.74 Å². The third-order valence-electron chi connectivity index (χ3n) is 2.82. The Morgan fingerprint density at radius 1 is 1.53 bits per heavy atom. The number of rotatable bonds is 1. The van der Waals surface area contributed by atoms with Crippen LogP contribution in [-0.2, 0) is 9.53 Å². The van der Waals surface area contributed by atoms with E-state index in [0.29, 0.717) is 0 Å². The van der Waals surface area contributed by atoms with E-state index >= 15 is 0 Å². The first-order valence-electron chi connectivity index (χ1n) is 5.40. The number of aliphatic hydroxyl groups excluding tert-OH is 1. The standard InChI is InChI=1S/C12H14BrNO3/c1-6-11(16)12(17-7(2)15)9-4-3-8(13)5-10(9)14-6/h3-6,11-12,14,16H,1-2H3. The van der Waals surface area contributed by atoms with Crippen molar-refractivity contribution >= 4 is 27.6 Å². The molecule has 17 heavy (non-hydrogen) atoms. The number of benzene rings is 1. The monoisotopic (exact) mass is 299 g/mol. The van der Waals surface area contributed by atoms with Gasteiger partial charge in [0.05, 0.1) is 6.04 Å². The lowest BCUT2D eigenvalue weighted by molar-refractivity contribution is -0.153. The predicted molar refractivity (Wildman–Crippen MR) is 67.7 cm³/mol. The van der Waals surface area contributed by atoms with Gasteiger partial charge in [-0.1, -0.05) is 22.0 Å². The highest BCUT2D eigenvalue weighted by molar-refractivity contribution is 9.10. The normalized spacial score (nSPS) is 26.9. The summed E-state index contributed by atoms with van der Waals surface area (Å²) in [5.74, 6) is -0.392. The number of carbonyl (C=O) groups excluding carboxylic acids is 1. The molecule has 4 nitrogen and oxygen atoms in total. The number of aliphatic hydroxyl groups is 1. The van der Waals surface area contributed by atoms with E-state index in [1.165, 1.54) is 6.92 Å². The predicted octanol–water partition coefficient (Wildman–Crippen LogP) is 2.23. The molecule has 0 saturated carbocycles. The molecule has 0 aromatic heterocycles. The first-order chi connectivity index (χ1) is 7.99. The number of fused-ring (bicyclic) bond motifs is 1. The van der Waals surface area contributed by atoms with Gasteiger partial charge in [-0.25, -0.2) is 0 Å². The highest BCUT2D eigenvalue weighted by Crippen LogP contribution is 2.36. The van der Waals surface area contributed by atoms with Crippen LogP contribution in [0.5, 0.6) is 0 Å². The Balaban J connectivity index is 2.41. The Labute approximate surface area is 108 Å². The second-order valence-electron chi connectivity index (χ2n) is 4.19. The molecule has 1 aromatic rings. The highest BCUT2D eigenvalue weighted by Gasteiger charge is 2.35. The molecule has 0 amide bonds. The lowest BCUT2D eigenvalue weighted by atomic mass is 9.93. The topological polar surface area (TPSA) is 58.6 Å². The van der Waals surface area contributed by atoms with Crippen LogP contribution in [0.1, 0.15) is 25.5 Å². The van der Waals surface area contributed by atoms with E-state index in [-0.39, 0.29) is 6.04 Å². The van der Waals surface area contributed by atoms with Gasteiger partial charge in [-0.05, 0) is 19.1 Å². The van der Waals surface area contributed by atoms with Crippen LogP contribution in [0.3, 0.4) is 0 Å². The van der Waals surface area contributed by atoms with Gasteiger partial charge in [0.2, 0.25) is 0 Å². The Hall–Kier alpha value is -1.07. The quantitative estimate of drug-likeness (QED) is 0.781. The van der Waals surface area contributed by atoms with Crippen LogP contribution >= 0.6 is 15.9 Å². The molecule has 2 N–H and O–H groups in total. The maximum absolute atomic E-state index is 11.1. The van der Waals surface area contributed by atoms with Crippen LogP contribution in [0.2, 0.25) is 0 Å². The van der Waals surface area contributed by atoms with Crippen LogP contribution < -0.4 is 5.32 Å². The van der Waals surface area contributed by atoms with Crippen LogP contribution in [0.15, 0.2) is 22.7 Å². The van der Waals surface area contributed by atoms with Crippen LogP contribution in [-0.4, -0.2) is 23.2 Å². The summed E-state index contributed by atoms with van der Waals surface area (Å²) in [5, 5.41) is 13.2. The van der Waals surface area contributed by atoms with Gasteiger partial charge in [0.1, 0.15) is 6.10 Å². The molecule has 0 aliphatic carbocycles. The summed E-state index contributed by atoms with van der Waals surface area (Å²) in [6.07, 6.45) is -1.35. The molecular formula is C12H14BrNO3. The Morgan fingerprint density at radius 2 is 2.24 bits per heavy atom. The van der Waals surface area contributed by atoms with E-state index < -0.39 is 18.2 Å². The number of hydrogen-bond acceptors (Lipinski definition) is 4. The molecule has 0 radical (unpaired) electrons. The Kier molecular flexibility index (Phi) is 3.40.